The Morgan fingerprint density at radius 2 is 0.690 bits per heavy atom. The fourth-order valence-electron chi connectivity index (χ4n) is 3.61. The fourth-order valence-corrected chi connectivity index (χ4v) is 3.61. The lowest BCUT2D eigenvalue weighted by molar-refractivity contribution is 0.100. The smallest absolute Gasteiger partial charge is 0.159 e. The molecular weight excluding hydrogens is 360 g/mol. The van der Waals surface area contributed by atoms with E-state index in [1.807, 2.05) is 72.8 Å². The van der Waals surface area contributed by atoms with Crippen molar-refractivity contribution in [3.8, 4) is 0 Å². The second-order valence-corrected chi connectivity index (χ2v) is 7.53. The molecule has 3 rings (SSSR count). The van der Waals surface area contributed by atoms with Crippen molar-refractivity contribution in [2.24, 2.45) is 0 Å². The quantitative estimate of drug-likeness (QED) is 0.408. The Labute approximate surface area is 171 Å². The molecule has 3 aromatic rings. The molecule has 29 heavy (non-hydrogen) atoms. The maximum absolute atomic E-state index is 11.7. The minimum absolute atomic E-state index is 0.0230. The highest BCUT2D eigenvalue weighted by atomic mass is 16.1. The summed E-state index contributed by atoms with van der Waals surface area (Å²) in [6.07, 6.45) is 0. The first kappa shape index (κ1) is 20.4. The van der Waals surface area contributed by atoms with Crippen LogP contribution in [0.4, 0.5) is 0 Å². The van der Waals surface area contributed by atoms with Gasteiger partial charge in [0.05, 0.1) is 0 Å². The summed E-state index contributed by atoms with van der Waals surface area (Å²) in [7, 11) is 0. The van der Waals surface area contributed by atoms with Crippen LogP contribution in [-0.4, -0.2) is 17.3 Å². The van der Waals surface area contributed by atoms with Gasteiger partial charge in [0.25, 0.3) is 0 Å². The first-order chi connectivity index (χ1) is 13.7. The van der Waals surface area contributed by atoms with Gasteiger partial charge in [-0.05, 0) is 44.4 Å². The Morgan fingerprint density at radius 1 is 0.483 bits per heavy atom. The minimum atomic E-state index is -0.514. The van der Waals surface area contributed by atoms with Gasteiger partial charge in [0.15, 0.2) is 17.3 Å². The average Bonchev–Trinajstić information content (AvgIpc) is 2.73. The first-order valence-corrected chi connectivity index (χ1v) is 9.58. The van der Waals surface area contributed by atoms with E-state index < -0.39 is 5.41 Å². The number of ketones is 3. The van der Waals surface area contributed by atoms with Crippen molar-refractivity contribution >= 4 is 17.3 Å². The molecule has 0 aliphatic rings. The van der Waals surface area contributed by atoms with Crippen molar-refractivity contribution in [2.45, 2.75) is 33.1 Å². The summed E-state index contributed by atoms with van der Waals surface area (Å²) >= 11 is 0. The lowest BCUT2D eigenvalue weighted by atomic mass is 9.70. The molecule has 3 heteroatoms. The topological polar surface area (TPSA) is 51.2 Å². The zero-order chi connectivity index (χ0) is 21.2. The van der Waals surface area contributed by atoms with E-state index in [9.17, 15) is 14.4 Å². The van der Waals surface area contributed by atoms with Crippen LogP contribution < -0.4 is 0 Å². The van der Waals surface area contributed by atoms with Crippen molar-refractivity contribution in [1.29, 1.82) is 0 Å². The summed E-state index contributed by atoms with van der Waals surface area (Å²) in [4.78, 5) is 35.1. The fraction of sp³-hybridized carbons (Fsp3) is 0.192. The molecule has 0 heterocycles. The maximum Gasteiger partial charge on any atom is 0.159 e. The Hall–Kier alpha value is -3.33. The average molecular weight is 384 g/mol. The van der Waals surface area contributed by atoms with Crippen LogP contribution in [0.2, 0.25) is 0 Å². The molecule has 0 saturated heterocycles. The molecule has 0 aliphatic heterocycles. The molecule has 0 fully saturated rings. The zero-order valence-corrected chi connectivity index (χ0v) is 17.2. The van der Waals surface area contributed by atoms with Gasteiger partial charge in [-0.25, -0.2) is 0 Å². The molecule has 0 atom stereocenters. The number of Topliss-reactive ketones (excluding diaryl/α,β-unsaturated/α-hetero) is 3. The lowest BCUT2D eigenvalue weighted by Crippen LogP contribution is -2.25. The molecule has 3 nitrogen and oxygen atoms in total. The Balaban J connectivity index is 2.18. The monoisotopic (exact) mass is 384 g/mol. The number of benzene rings is 3. The molecule has 0 spiro atoms. The molecule has 3 aromatic carbocycles. The second kappa shape index (κ2) is 7.96. The summed E-state index contributed by atoms with van der Waals surface area (Å²) in [5.74, 6) is 0.0691. The van der Waals surface area contributed by atoms with Gasteiger partial charge in [-0.2, -0.15) is 0 Å². The molecule has 0 bridgehead atoms. The molecule has 0 aliphatic carbocycles. The summed E-state index contributed by atoms with van der Waals surface area (Å²) < 4.78 is 0. The van der Waals surface area contributed by atoms with Crippen molar-refractivity contribution in [2.75, 3.05) is 0 Å². The van der Waals surface area contributed by atoms with E-state index in [0.717, 1.165) is 16.7 Å². The van der Waals surface area contributed by atoms with E-state index in [1.54, 1.807) is 20.8 Å². The van der Waals surface area contributed by atoms with Gasteiger partial charge < -0.3 is 0 Å². The van der Waals surface area contributed by atoms with Gasteiger partial charge >= 0.3 is 0 Å². The molecule has 0 unspecified atom stereocenters. The van der Waals surface area contributed by atoms with Gasteiger partial charge in [0.1, 0.15) is 0 Å². The Morgan fingerprint density at radius 3 is 0.862 bits per heavy atom. The predicted molar refractivity (Wildman–Crippen MR) is 115 cm³/mol. The number of hydrogen-bond donors (Lipinski definition) is 0. The molecule has 0 saturated carbocycles. The van der Waals surface area contributed by atoms with Gasteiger partial charge in [0.2, 0.25) is 0 Å². The van der Waals surface area contributed by atoms with Crippen LogP contribution >= 0.6 is 0 Å². The molecule has 0 radical (unpaired) electrons. The highest BCUT2D eigenvalue weighted by Gasteiger charge is 2.31. The van der Waals surface area contributed by atoms with Crippen LogP contribution in [0, 0.1) is 0 Å². The highest BCUT2D eigenvalue weighted by Crippen LogP contribution is 2.39. The van der Waals surface area contributed by atoms with Crippen molar-refractivity contribution in [1.82, 2.24) is 0 Å². The van der Waals surface area contributed by atoms with Crippen LogP contribution in [0.1, 0.15) is 75.5 Å². The number of rotatable bonds is 6. The SMILES string of the molecule is CC(=O)c1ccc(C(C)(c2ccc(C(C)=O)cc2)c2ccc(C(C)=O)cc2)cc1. The molecular formula is C26H24O3. The van der Waals surface area contributed by atoms with E-state index in [4.69, 9.17) is 0 Å². The third-order valence-corrected chi connectivity index (χ3v) is 5.61. The summed E-state index contributed by atoms with van der Waals surface area (Å²) in [5.41, 5.74) is 4.54. The summed E-state index contributed by atoms with van der Waals surface area (Å²) in [6, 6.07) is 22.8. The van der Waals surface area contributed by atoms with Crippen LogP contribution in [0.25, 0.3) is 0 Å². The molecule has 0 amide bonds. The van der Waals surface area contributed by atoms with Gasteiger partial charge in [-0.1, -0.05) is 72.8 Å². The van der Waals surface area contributed by atoms with Crippen LogP contribution in [0.5, 0.6) is 0 Å². The zero-order valence-electron chi connectivity index (χ0n) is 17.2. The first-order valence-electron chi connectivity index (χ1n) is 9.58. The van der Waals surface area contributed by atoms with Crippen molar-refractivity contribution in [3.63, 3.8) is 0 Å². The van der Waals surface area contributed by atoms with Crippen LogP contribution in [0.15, 0.2) is 72.8 Å². The van der Waals surface area contributed by atoms with Gasteiger partial charge in [-0.15, -0.1) is 0 Å². The largest absolute Gasteiger partial charge is 0.295 e. The van der Waals surface area contributed by atoms with E-state index in [0.29, 0.717) is 16.7 Å². The third kappa shape index (κ3) is 3.95. The van der Waals surface area contributed by atoms with E-state index in [2.05, 4.69) is 6.92 Å². The van der Waals surface area contributed by atoms with Crippen LogP contribution in [0.3, 0.4) is 0 Å². The van der Waals surface area contributed by atoms with Crippen LogP contribution in [-0.2, 0) is 5.41 Å². The number of carbonyl (C=O) groups is 3. The Bertz CT molecular complexity index is 917. The Kier molecular flexibility index (Phi) is 5.60. The van der Waals surface area contributed by atoms with Gasteiger partial charge in [-0.3, -0.25) is 14.4 Å². The second-order valence-electron chi connectivity index (χ2n) is 7.53. The van der Waals surface area contributed by atoms with Crippen molar-refractivity contribution in [3.05, 3.63) is 106 Å². The standard InChI is InChI=1S/C26H24O3/c1-17(27)20-5-11-23(12-6-20)26(4,24-13-7-21(8-14-24)18(2)28)25-15-9-22(10-16-25)19(3)29/h5-16H,1-4H3. The van der Waals surface area contributed by atoms with E-state index in [1.165, 1.54) is 0 Å². The summed E-state index contributed by atoms with van der Waals surface area (Å²) in [5, 5.41) is 0. The molecule has 0 aromatic heterocycles. The molecule has 0 N–H and O–H groups in total. The maximum atomic E-state index is 11.7. The molecule has 146 valence electrons. The van der Waals surface area contributed by atoms with E-state index in [-0.39, 0.29) is 17.3 Å². The van der Waals surface area contributed by atoms with E-state index >= 15 is 0 Å². The normalized spacial score (nSPS) is 11.2. The predicted octanol–water partition coefficient (Wildman–Crippen LogP) is 5.65. The number of carbonyl (C=O) groups excluding carboxylic acids is 3. The highest BCUT2D eigenvalue weighted by molar-refractivity contribution is 5.95. The number of hydrogen-bond acceptors (Lipinski definition) is 3. The minimum Gasteiger partial charge on any atom is -0.295 e. The summed E-state index contributed by atoms with van der Waals surface area (Å²) in [6.45, 7) is 6.76. The third-order valence-electron chi connectivity index (χ3n) is 5.61. The van der Waals surface area contributed by atoms with Crippen molar-refractivity contribution < 1.29 is 14.4 Å². The lowest BCUT2D eigenvalue weighted by Gasteiger charge is -2.32. The van der Waals surface area contributed by atoms with Gasteiger partial charge in [0, 0.05) is 22.1 Å².